The number of carbonyl (C=O) groups excluding carboxylic acids is 1. The first-order valence-corrected chi connectivity index (χ1v) is 4.66. The molecule has 0 saturated heterocycles. The highest BCUT2D eigenvalue weighted by molar-refractivity contribution is 6.10. The van der Waals surface area contributed by atoms with Gasteiger partial charge in [0, 0.05) is 17.8 Å². The Balaban J connectivity index is 2.53. The van der Waals surface area contributed by atoms with Crippen LogP contribution in [0.5, 0.6) is 0 Å². The van der Waals surface area contributed by atoms with Gasteiger partial charge in [0.15, 0.2) is 0 Å². The molecule has 2 heterocycles. The molecular formula is C10H5F5N2O. The number of aromatic amines is 1. The molecule has 2 aromatic rings. The second-order valence-corrected chi connectivity index (χ2v) is 3.50. The summed E-state index contributed by atoms with van der Waals surface area (Å²) < 4.78 is 62.1. The number of nitrogens with one attached hydrogen (secondary N) is 1. The molecule has 96 valence electrons. The monoisotopic (exact) mass is 264 g/mol. The molecule has 0 aliphatic heterocycles. The number of carbonyl (C=O) groups is 1. The maximum Gasteiger partial charge on any atom is 0.461 e. The minimum absolute atomic E-state index is 0.0684. The predicted molar refractivity (Wildman–Crippen MR) is 51.4 cm³/mol. The van der Waals surface area contributed by atoms with E-state index in [9.17, 15) is 26.7 Å². The predicted octanol–water partition coefficient (Wildman–Crippen LogP) is 2.94. The van der Waals surface area contributed by atoms with Gasteiger partial charge < -0.3 is 4.98 Å². The molecule has 8 heteroatoms. The molecule has 3 nitrogen and oxygen atoms in total. The number of halogens is 5. The van der Waals surface area contributed by atoms with Crippen LogP contribution in [0.3, 0.4) is 0 Å². The Kier molecular flexibility index (Phi) is 2.60. The maximum atomic E-state index is 12.9. The average molecular weight is 264 g/mol. The van der Waals surface area contributed by atoms with Crippen LogP contribution in [0.2, 0.25) is 0 Å². The summed E-state index contributed by atoms with van der Waals surface area (Å²) >= 11 is 0. The third-order valence-electron chi connectivity index (χ3n) is 2.34. The number of Topliss-reactive ketones (excluding diaryl/α,β-unsaturated/α-hetero) is 1. The molecule has 0 saturated carbocycles. The van der Waals surface area contributed by atoms with E-state index in [1.807, 2.05) is 0 Å². The maximum absolute atomic E-state index is 12.9. The minimum Gasteiger partial charge on any atom is -0.345 e. The van der Waals surface area contributed by atoms with Gasteiger partial charge in [0.05, 0.1) is 5.56 Å². The van der Waals surface area contributed by atoms with Crippen LogP contribution in [0.25, 0.3) is 11.0 Å². The molecule has 0 amide bonds. The van der Waals surface area contributed by atoms with Gasteiger partial charge in [0.1, 0.15) is 5.65 Å². The standard InChI is InChI=1S/C10H5F5N2O/c11-9(12,10(13,14)15)7(18)6-4-17-8-5(6)2-1-3-16-8/h1-4H,(H,16,17). The fraction of sp³-hybridized carbons (Fsp3) is 0.200. The third kappa shape index (κ3) is 1.73. The first-order chi connectivity index (χ1) is 8.25. The summed E-state index contributed by atoms with van der Waals surface area (Å²) in [5, 5.41) is -0.0774. The number of rotatable bonds is 2. The Morgan fingerprint density at radius 1 is 1.22 bits per heavy atom. The van der Waals surface area contributed by atoms with Crippen molar-refractivity contribution in [1.82, 2.24) is 9.97 Å². The normalized spacial score (nSPS) is 12.9. The summed E-state index contributed by atoms with van der Waals surface area (Å²) in [5.74, 6) is -7.72. The van der Waals surface area contributed by atoms with Gasteiger partial charge in [-0.3, -0.25) is 4.79 Å². The summed E-state index contributed by atoms with van der Waals surface area (Å²) in [6, 6.07) is 2.57. The zero-order valence-electron chi connectivity index (χ0n) is 8.55. The molecule has 0 spiro atoms. The molecule has 18 heavy (non-hydrogen) atoms. The number of hydrogen-bond donors (Lipinski definition) is 1. The van der Waals surface area contributed by atoms with E-state index in [1.165, 1.54) is 18.3 Å². The number of alkyl halides is 5. The van der Waals surface area contributed by atoms with E-state index in [0.29, 0.717) is 0 Å². The number of ketones is 1. The lowest BCUT2D eigenvalue weighted by Crippen LogP contribution is -2.44. The SMILES string of the molecule is O=C(c1c[nH]c2ncccc12)C(F)(F)C(F)(F)F. The largest absolute Gasteiger partial charge is 0.461 e. The van der Waals surface area contributed by atoms with Crippen molar-refractivity contribution in [2.75, 3.05) is 0 Å². The van der Waals surface area contributed by atoms with Crippen LogP contribution in [0, 0.1) is 0 Å². The number of pyridine rings is 1. The molecule has 0 bridgehead atoms. The molecule has 1 N–H and O–H groups in total. The highest BCUT2D eigenvalue weighted by atomic mass is 19.4. The average Bonchev–Trinajstić information content (AvgIpc) is 2.70. The second kappa shape index (κ2) is 3.76. The molecule has 0 aliphatic rings. The van der Waals surface area contributed by atoms with Crippen molar-refractivity contribution in [2.45, 2.75) is 12.1 Å². The van der Waals surface area contributed by atoms with Gasteiger partial charge in [-0.2, -0.15) is 22.0 Å². The number of aromatic nitrogens is 2. The van der Waals surface area contributed by atoms with Crippen LogP contribution in [0.4, 0.5) is 22.0 Å². The minimum atomic E-state index is -5.92. The van der Waals surface area contributed by atoms with Gasteiger partial charge in [-0.1, -0.05) is 0 Å². The lowest BCUT2D eigenvalue weighted by Gasteiger charge is -2.17. The van der Waals surface area contributed by atoms with Crippen molar-refractivity contribution in [3.8, 4) is 0 Å². The van der Waals surface area contributed by atoms with Gasteiger partial charge in [-0.05, 0) is 12.1 Å². The van der Waals surface area contributed by atoms with Crippen molar-refractivity contribution < 1.29 is 26.7 Å². The van der Waals surface area contributed by atoms with E-state index < -0.39 is 23.4 Å². The zero-order chi connectivity index (χ0) is 13.6. The highest BCUT2D eigenvalue weighted by Gasteiger charge is 2.63. The van der Waals surface area contributed by atoms with Gasteiger partial charge in [-0.25, -0.2) is 4.98 Å². The number of hydrogen-bond acceptors (Lipinski definition) is 2. The summed E-state index contributed by atoms with van der Waals surface area (Å²) in [6.07, 6.45) is -3.81. The summed E-state index contributed by atoms with van der Waals surface area (Å²) in [6.45, 7) is 0. The number of H-pyrrole nitrogens is 1. The van der Waals surface area contributed by atoms with Crippen LogP contribution < -0.4 is 0 Å². The fourth-order valence-corrected chi connectivity index (χ4v) is 1.44. The molecule has 0 unspecified atom stereocenters. The van der Waals surface area contributed by atoms with Crippen molar-refractivity contribution in [1.29, 1.82) is 0 Å². The summed E-state index contributed by atoms with van der Waals surface area (Å²) in [5.41, 5.74) is -0.667. The van der Waals surface area contributed by atoms with Crippen LogP contribution >= 0.6 is 0 Å². The van der Waals surface area contributed by atoms with Gasteiger partial charge in [0.25, 0.3) is 0 Å². The van der Waals surface area contributed by atoms with E-state index in [0.717, 1.165) is 6.20 Å². The van der Waals surface area contributed by atoms with Gasteiger partial charge in [0.2, 0.25) is 5.78 Å². The van der Waals surface area contributed by atoms with E-state index in [2.05, 4.69) is 9.97 Å². The molecule has 0 aromatic carbocycles. The lowest BCUT2D eigenvalue weighted by atomic mass is 10.1. The van der Waals surface area contributed by atoms with E-state index in [-0.39, 0.29) is 11.0 Å². The molecule has 0 aliphatic carbocycles. The summed E-state index contributed by atoms with van der Waals surface area (Å²) in [7, 11) is 0. The van der Waals surface area contributed by atoms with Crippen LogP contribution in [-0.2, 0) is 0 Å². The van der Waals surface area contributed by atoms with Crippen LogP contribution in [0.1, 0.15) is 10.4 Å². The Morgan fingerprint density at radius 3 is 2.50 bits per heavy atom. The van der Waals surface area contributed by atoms with Crippen molar-refractivity contribution >= 4 is 16.8 Å². The van der Waals surface area contributed by atoms with E-state index in [1.54, 1.807) is 0 Å². The molecule has 2 aromatic heterocycles. The lowest BCUT2D eigenvalue weighted by molar-refractivity contribution is -0.255. The Bertz CT molecular complexity index is 602. The Hall–Kier alpha value is -1.99. The van der Waals surface area contributed by atoms with E-state index >= 15 is 0 Å². The summed E-state index contributed by atoms with van der Waals surface area (Å²) in [4.78, 5) is 17.3. The fourth-order valence-electron chi connectivity index (χ4n) is 1.44. The number of fused-ring (bicyclic) bond motifs is 1. The van der Waals surface area contributed by atoms with E-state index in [4.69, 9.17) is 0 Å². The molecular weight excluding hydrogens is 259 g/mol. The molecule has 0 fully saturated rings. The van der Waals surface area contributed by atoms with Crippen LogP contribution in [-0.4, -0.2) is 27.9 Å². The molecule has 2 rings (SSSR count). The quantitative estimate of drug-likeness (QED) is 0.669. The van der Waals surface area contributed by atoms with Crippen LogP contribution in [0.15, 0.2) is 24.5 Å². The highest BCUT2D eigenvalue weighted by Crippen LogP contribution is 2.38. The topological polar surface area (TPSA) is 45.8 Å². The zero-order valence-corrected chi connectivity index (χ0v) is 8.55. The van der Waals surface area contributed by atoms with Crippen molar-refractivity contribution in [2.24, 2.45) is 0 Å². The van der Waals surface area contributed by atoms with Gasteiger partial charge in [-0.15, -0.1) is 0 Å². The first-order valence-electron chi connectivity index (χ1n) is 4.66. The molecule has 0 atom stereocenters. The first kappa shape index (κ1) is 12.5. The second-order valence-electron chi connectivity index (χ2n) is 3.50. The smallest absolute Gasteiger partial charge is 0.345 e. The van der Waals surface area contributed by atoms with Gasteiger partial charge >= 0.3 is 12.1 Å². The van der Waals surface area contributed by atoms with Crippen molar-refractivity contribution in [3.05, 3.63) is 30.1 Å². The number of nitrogens with zero attached hydrogens (tertiary/aromatic N) is 1. The van der Waals surface area contributed by atoms with Crippen molar-refractivity contribution in [3.63, 3.8) is 0 Å². The molecule has 0 radical (unpaired) electrons. The third-order valence-corrected chi connectivity index (χ3v) is 2.34. The Labute approximate surface area is 96.6 Å². The Morgan fingerprint density at radius 2 is 1.89 bits per heavy atom.